The predicted octanol–water partition coefficient (Wildman–Crippen LogP) is 3.10. The molecule has 0 aliphatic carbocycles. The van der Waals surface area contributed by atoms with Gasteiger partial charge in [-0.05, 0) is 38.1 Å². The van der Waals surface area contributed by atoms with Gasteiger partial charge in [-0.2, -0.15) is 0 Å². The van der Waals surface area contributed by atoms with E-state index in [1.165, 1.54) is 5.56 Å². The van der Waals surface area contributed by atoms with Crippen molar-refractivity contribution >= 4 is 11.6 Å². The fourth-order valence-electron chi connectivity index (χ4n) is 3.18. The molecule has 0 aromatic heterocycles. The number of hydrogen-bond donors (Lipinski definition) is 1. The first-order chi connectivity index (χ1) is 9.61. The zero-order chi connectivity index (χ0) is 14.6. The van der Waals surface area contributed by atoms with Gasteiger partial charge in [0.05, 0.1) is 19.3 Å². The number of nitrogens with zero attached hydrogens (tertiary/aromatic N) is 1. The fourth-order valence-corrected chi connectivity index (χ4v) is 3.30. The van der Waals surface area contributed by atoms with Gasteiger partial charge in [0.25, 0.3) is 0 Å². The quantitative estimate of drug-likeness (QED) is 0.903. The molecule has 1 saturated heterocycles. The van der Waals surface area contributed by atoms with Crippen LogP contribution in [0.5, 0.6) is 0 Å². The standard InChI is InChI=1S/C16H25ClN2O/c1-4-16(2,19-9-11-20-12-10-19)15(18-3)13-5-7-14(17)8-6-13/h5-8,15,18H,4,9-12H2,1-3H3. The van der Waals surface area contributed by atoms with Crippen molar-refractivity contribution in [3.63, 3.8) is 0 Å². The number of benzene rings is 1. The molecule has 3 nitrogen and oxygen atoms in total. The lowest BCUT2D eigenvalue weighted by Crippen LogP contribution is -2.57. The van der Waals surface area contributed by atoms with Gasteiger partial charge in [-0.3, -0.25) is 4.90 Å². The first-order valence-electron chi connectivity index (χ1n) is 7.37. The summed E-state index contributed by atoms with van der Waals surface area (Å²) >= 11 is 6.01. The lowest BCUT2D eigenvalue weighted by Gasteiger charge is -2.48. The predicted molar refractivity (Wildman–Crippen MR) is 84.3 cm³/mol. The van der Waals surface area contributed by atoms with Gasteiger partial charge < -0.3 is 10.1 Å². The Labute approximate surface area is 127 Å². The van der Waals surface area contributed by atoms with Crippen molar-refractivity contribution < 1.29 is 4.74 Å². The highest BCUT2D eigenvalue weighted by Gasteiger charge is 2.38. The first kappa shape index (κ1) is 15.8. The van der Waals surface area contributed by atoms with Crippen molar-refractivity contribution in [1.82, 2.24) is 10.2 Å². The lowest BCUT2D eigenvalue weighted by molar-refractivity contribution is -0.0319. The Hall–Kier alpha value is -0.610. The lowest BCUT2D eigenvalue weighted by atomic mass is 9.82. The highest BCUT2D eigenvalue weighted by Crippen LogP contribution is 2.35. The molecule has 1 aromatic carbocycles. The summed E-state index contributed by atoms with van der Waals surface area (Å²) < 4.78 is 5.49. The highest BCUT2D eigenvalue weighted by molar-refractivity contribution is 6.30. The van der Waals surface area contributed by atoms with Gasteiger partial charge >= 0.3 is 0 Å². The van der Waals surface area contributed by atoms with E-state index in [2.05, 4.69) is 36.2 Å². The SMILES string of the molecule is CCC(C)(C(NC)c1ccc(Cl)cc1)N1CCOCC1. The molecule has 1 aliphatic rings. The van der Waals surface area contributed by atoms with Crippen LogP contribution < -0.4 is 5.32 Å². The van der Waals surface area contributed by atoms with E-state index in [9.17, 15) is 0 Å². The largest absolute Gasteiger partial charge is 0.379 e. The summed E-state index contributed by atoms with van der Waals surface area (Å²) in [5, 5.41) is 4.29. The molecule has 1 aromatic rings. The topological polar surface area (TPSA) is 24.5 Å². The van der Waals surface area contributed by atoms with Crippen LogP contribution in [-0.2, 0) is 4.74 Å². The van der Waals surface area contributed by atoms with Crippen LogP contribution in [-0.4, -0.2) is 43.8 Å². The van der Waals surface area contributed by atoms with Gasteiger partial charge in [0, 0.05) is 23.7 Å². The van der Waals surface area contributed by atoms with Crippen LogP contribution in [0.25, 0.3) is 0 Å². The van der Waals surface area contributed by atoms with Gasteiger partial charge in [-0.15, -0.1) is 0 Å². The van der Waals surface area contributed by atoms with E-state index in [1.807, 2.05) is 19.2 Å². The molecule has 0 bridgehead atoms. The van der Waals surface area contributed by atoms with E-state index in [0.717, 1.165) is 37.7 Å². The average Bonchev–Trinajstić information content (AvgIpc) is 2.50. The Morgan fingerprint density at radius 2 is 1.90 bits per heavy atom. The van der Waals surface area contributed by atoms with Crippen LogP contribution in [0.4, 0.5) is 0 Å². The normalized spacial score (nSPS) is 21.4. The molecule has 2 unspecified atom stereocenters. The number of hydrogen-bond acceptors (Lipinski definition) is 3. The molecule has 0 amide bonds. The van der Waals surface area contributed by atoms with Crippen LogP contribution in [0.1, 0.15) is 31.9 Å². The average molecular weight is 297 g/mol. The Kier molecular flexibility index (Phi) is 5.44. The smallest absolute Gasteiger partial charge is 0.0594 e. The van der Waals surface area contributed by atoms with Crippen molar-refractivity contribution in [2.24, 2.45) is 0 Å². The number of likely N-dealkylation sites (N-methyl/N-ethyl adjacent to an activating group) is 1. The van der Waals surface area contributed by atoms with Crippen molar-refractivity contribution in [1.29, 1.82) is 0 Å². The van der Waals surface area contributed by atoms with Crippen LogP contribution >= 0.6 is 11.6 Å². The number of halogens is 1. The van der Waals surface area contributed by atoms with Gasteiger partial charge in [-0.25, -0.2) is 0 Å². The Balaban J connectivity index is 2.27. The summed E-state index contributed by atoms with van der Waals surface area (Å²) in [4.78, 5) is 2.55. The van der Waals surface area contributed by atoms with Gasteiger partial charge in [-0.1, -0.05) is 30.7 Å². The first-order valence-corrected chi connectivity index (χ1v) is 7.75. The van der Waals surface area contributed by atoms with Crippen LogP contribution in [0.2, 0.25) is 5.02 Å². The third kappa shape index (κ3) is 3.17. The molecule has 0 spiro atoms. The van der Waals surface area contributed by atoms with Crippen molar-refractivity contribution in [2.75, 3.05) is 33.4 Å². The molecule has 20 heavy (non-hydrogen) atoms. The van der Waals surface area contributed by atoms with E-state index in [0.29, 0.717) is 0 Å². The molecule has 1 aliphatic heterocycles. The molecular weight excluding hydrogens is 272 g/mol. The summed E-state index contributed by atoms with van der Waals surface area (Å²) in [6, 6.07) is 8.46. The third-order valence-electron chi connectivity index (χ3n) is 4.56. The minimum atomic E-state index is 0.0758. The zero-order valence-corrected chi connectivity index (χ0v) is 13.4. The minimum absolute atomic E-state index is 0.0758. The number of nitrogens with one attached hydrogen (secondary N) is 1. The molecule has 2 rings (SSSR count). The molecule has 0 saturated carbocycles. The molecule has 0 radical (unpaired) electrons. The molecule has 112 valence electrons. The summed E-state index contributed by atoms with van der Waals surface area (Å²) in [6.45, 7) is 8.25. The van der Waals surface area contributed by atoms with Gasteiger partial charge in [0.15, 0.2) is 0 Å². The Bertz CT molecular complexity index is 417. The second-order valence-corrected chi connectivity index (χ2v) is 6.02. The van der Waals surface area contributed by atoms with E-state index in [1.54, 1.807) is 0 Å². The molecule has 1 heterocycles. The molecule has 2 atom stereocenters. The van der Waals surface area contributed by atoms with E-state index >= 15 is 0 Å². The summed E-state index contributed by atoms with van der Waals surface area (Å²) in [5.74, 6) is 0. The molecule has 1 fully saturated rings. The van der Waals surface area contributed by atoms with Crippen LogP contribution in [0, 0.1) is 0 Å². The molecule has 4 heteroatoms. The fraction of sp³-hybridized carbons (Fsp3) is 0.625. The Morgan fingerprint density at radius 3 is 2.40 bits per heavy atom. The second kappa shape index (κ2) is 6.90. The monoisotopic (exact) mass is 296 g/mol. The van der Waals surface area contributed by atoms with Gasteiger partial charge in [0.1, 0.15) is 0 Å². The summed E-state index contributed by atoms with van der Waals surface area (Å²) in [6.07, 6.45) is 1.08. The van der Waals surface area contributed by atoms with E-state index in [4.69, 9.17) is 16.3 Å². The number of ether oxygens (including phenoxy) is 1. The van der Waals surface area contributed by atoms with Crippen molar-refractivity contribution in [2.45, 2.75) is 31.8 Å². The third-order valence-corrected chi connectivity index (χ3v) is 4.82. The van der Waals surface area contributed by atoms with Crippen LogP contribution in [0.3, 0.4) is 0 Å². The Morgan fingerprint density at radius 1 is 1.30 bits per heavy atom. The maximum absolute atomic E-state index is 6.01. The summed E-state index contributed by atoms with van der Waals surface area (Å²) in [7, 11) is 2.04. The zero-order valence-electron chi connectivity index (χ0n) is 12.7. The van der Waals surface area contributed by atoms with Crippen molar-refractivity contribution in [3.05, 3.63) is 34.9 Å². The number of rotatable bonds is 5. The summed E-state index contributed by atoms with van der Waals surface area (Å²) in [5.41, 5.74) is 1.36. The molecular formula is C16H25ClN2O. The van der Waals surface area contributed by atoms with Crippen molar-refractivity contribution in [3.8, 4) is 0 Å². The highest BCUT2D eigenvalue weighted by atomic mass is 35.5. The van der Waals surface area contributed by atoms with Gasteiger partial charge in [0.2, 0.25) is 0 Å². The van der Waals surface area contributed by atoms with E-state index < -0.39 is 0 Å². The number of morpholine rings is 1. The molecule has 1 N–H and O–H groups in total. The van der Waals surface area contributed by atoms with E-state index in [-0.39, 0.29) is 11.6 Å². The van der Waals surface area contributed by atoms with Crippen LogP contribution in [0.15, 0.2) is 24.3 Å². The minimum Gasteiger partial charge on any atom is -0.379 e. The maximum atomic E-state index is 6.01. The second-order valence-electron chi connectivity index (χ2n) is 5.58. The maximum Gasteiger partial charge on any atom is 0.0594 e.